The van der Waals surface area contributed by atoms with Crippen LogP contribution in [-0.2, 0) is 0 Å². The van der Waals surface area contributed by atoms with Crippen molar-refractivity contribution in [3.63, 3.8) is 0 Å². The summed E-state index contributed by atoms with van der Waals surface area (Å²) in [4.78, 5) is 0. The molecule has 3 heteroatoms. The lowest BCUT2D eigenvalue weighted by atomic mass is 10.1. The van der Waals surface area contributed by atoms with Gasteiger partial charge in [0.25, 0.3) is 0 Å². The minimum atomic E-state index is -1.26. The van der Waals surface area contributed by atoms with E-state index < -0.39 is 5.60 Å². The molecular weight excluding hydrogens is 274 g/mol. The summed E-state index contributed by atoms with van der Waals surface area (Å²) in [6.45, 7) is 5.10. The van der Waals surface area contributed by atoms with Crippen LogP contribution < -0.4 is 0 Å². The molecule has 0 aliphatic heterocycles. The molecule has 0 spiro atoms. The molecule has 3 nitrogen and oxygen atoms in total. The van der Waals surface area contributed by atoms with Crippen molar-refractivity contribution in [2.75, 3.05) is 0 Å². The first-order valence-electron chi connectivity index (χ1n) is 6.86. The third-order valence-corrected chi connectivity index (χ3v) is 3.08. The Labute approximate surface area is 130 Å². The van der Waals surface area contributed by atoms with Crippen molar-refractivity contribution in [2.45, 2.75) is 12.5 Å². The lowest BCUT2D eigenvalue weighted by Gasteiger charge is -2.08. The van der Waals surface area contributed by atoms with Crippen LogP contribution in [-0.4, -0.2) is 21.7 Å². The van der Waals surface area contributed by atoms with Gasteiger partial charge in [0, 0.05) is 17.7 Å². The SMILES string of the molecule is C=CC(C)(O)C#Cc1ccccc1/C=[N+](\[O-])c1ccccc1. The van der Waals surface area contributed by atoms with Crippen LogP contribution in [0, 0.1) is 17.0 Å². The molecule has 0 amide bonds. The number of aliphatic hydroxyl groups is 1. The molecule has 22 heavy (non-hydrogen) atoms. The van der Waals surface area contributed by atoms with Gasteiger partial charge in [-0.1, -0.05) is 48.8 Å². The maximum Gasteiger partial charge on any atom is 0.216 e. The normalized spacial score (nSPS) is 13.6. The molecule has 0 fully saturated rings. The van der Waals surface area contributed by atoms with Crippen LogP contribution in [0.25, 0.3) is 0 Å². The first-order chi connectivity index (χ1) is 10.5. The standard InChI is InChI=1S/C19H17NO2/c1-3-19(2,21)14-13-16-9-7-8-10-17(16)15-20(22)18-11-5-4-6-12-18/h3-12,15,21H,1H2,2H3/b20-15-. The Kier molecular flexibility index (Phi) is 4.77. The van der Waals surface area contributed by atoms with E-state index >= 15 is 0 Å². The van der Waals surface area contributed by atoms with Crippen molar-refractivity contribution in [1.29, 1.82) is 0 Å². The van der Waals surface area contributed by atoms with Gasteiger partial charge in [0.05, 0.1) is 5.56 Å². The maximum absolute atomic E-state index is 12.2. The molecule has 2 aromatic carbocycles. The van der Waals surface area contributed by atoms with Crippen molar-refractivity contribution in [2.24, 2.45) is 0 Å². The van der Waals surface area contributed by atoms with Gasteiger partial charge in [0.15, 0.2) is 6.21 Å². The molecule has 0 heterocycles. The Hall–Kier alpha value is -2.83. The van der Waals surface area contributed by atoms with E-state index in [9.17, 15) is 10.3 Å². The summed E-state index contributed by atoms with van der Waals surface area (Å²) in [5.41, 5.74) is 0.641. The highest BCUT2D eigenvalue weighted by atomic mass is 16.5. The second kappa shape index (κ2) is 6.75. The maximum atomic E-state index is 12.2. The molecule has 1 N–H and O–H groups in total. The van der Waals surface area contributed by atoms with Crippen molar-refractivity contribution in [3.05, 3.63) is 83.6 Å². The van der Waals surface area contributed by atoms with E-state index in [1.165, 1.54) is 12.3 Å². The molecule has 0 bridgehead atoms. The van der Waals surface area contributed by atoms with Crippen LogP contribution in [0.2, 0.25) is 0 Å². The van der Waals surface area contributed by atoms with Crippen molar-refractivity contribution in [3.8, 4) is 11.8 Å². The quantitative estimate of drug-likeness (QED) is 0.236. The van der Waals surface area contributed by atoms with Gasteiger partial charge in [-0.15, -0.1) is 0 Å². The molecule has 1 atom stereocenters. The van der Waals surface area contributed by atoms with E-state index in [4.69, 9.17) is 0 Å². The van der Waals surface area contributed by atoms with E-state index in [-0.39, 0.29) is 0 Å². The third kappa shape index (κ3) is 4.08. The van der Waals surface area contributed by atoms with Crippen LogP contribution in [0.5, 0.6) is 0 Å². The van der Waals surface area contributed by atoms with Crippen molar-refractivity contribution in [1.82, 2.24) is 0 Å². The Bertz CT molecular complexity index is 750. The fourth-order valence-corrected chi connectivity index (χ4v) is 1.74. The summed E-state index contributed by atoms with van der Waals surface area (Å²) in [5.74, 6) is 5.62. The highest BCUT2D eigenvalue weighted by Gasteiger charge is 2.10. The van der Waals surface area contributed by atoms with Crippen molar-refractivity contribution < 1.29 is 9.85 Å². The predicted molar refractivity (Wildman–Crippen MR) is 89.0 cm³/mol. The van der Waals surface area contributed by atoms with Gasteiger partial charge in [-0.25, -0.2) is 0 Å². The number of hydrogen-bond acceptors (Lipinski definition) is 2. The number of benzene rings is 2. The monoisotopic (exact) mass is 291 g/mol. The summed E-state index contributed by atoms with van der Waals surface area (Å²) in [5, 5.41) is 22.0. The van der Waals surface area contributed by atoms with Gasteiger partial charge in [-0.3, -0.25) is 0 Å². The summed E-state index contributed by atoms with van der Waals surface area (Å²) in [7, 11) is 0. The Morgan fingerprint density at radius 3 is 2.45 bits per heavy atom. The van der Waals surface area contributed by atoms with Crippen LogP contribution >= 0.6 is 0 Å². The zero-order valence-electron chi connectivity index (χ0n) is 12.4. The zero-order valence-corrected chi connectivity index (χ0v) is 12.4. The van der Waals surface area contributed by atoms with Crippen molar-refractivity contribution >= 4 is 11.9 Å². The second-order valence-electron chi connectivity index (χ2n) is 4.98. The summed E-state index contributed by atoms with van der Waals surface area (Å²) in [6.07, 6.45) is 2.85. The second-order valence-corrected chi connectivity index (χ2v) is 4.98. The van der Waals surface area contributed by atoms with Crippen LogP contribution in [0.1, 0.15) is 18.1 Å². The average molecular weight is 291 g/mol. The number of rotatable bonds is 3. The van der Waals surface area contributed by atoms with E-state index in [0.717, 1.165) is 4.74 Å². The molecular formula is C19H17NO2. The summed E-state index contributed by atoms with van der Waals surface area (Å²) < 4.78 is 0.798. The minimum absolute atomic E-state index is 0.545. The van der Waals surface area contributed by atoms with Crippen LogP contribution in [0.3, 0.4) is 0 Å². The summed E-state index contributed by atoms with van der Waals surface area (Å²) >= 11 is 0. The molecule has 0 aliphatic rings. The Morgan fingerprint density at radius 1 is 1.14 bits per heavy atom. The first-order valence-corrected chi connectivity index (χ1v) is 6.86. The van der Waals surface area contributed by atoms with Gasteiger partial charge in [-0.05, 0) is 25.1 Å². The fourth-order valence-electron chi connectivity index (χ4n) is 1.74. The number of para-hydroxylation sites is 1. The predicted octanol–water partition coefficient (Wildman–Crippen LogP) is 3.24. The zero-order chi connectivity index (χ0) is 16.0. The molecule has 0 aromatic heterocycles. The highest BCUT2D eigenvalue weighted by molar-refractivity contribution is 5.81. The third-order valence-electron chi connectivity index (χ3n) is 3.08. The van der Waals surface area contributed by atoms with Gasteiger partial charge in [-0.2, -0.15) is 4.74 Å². The number of hydrogen-bond donors (Lipinski definition) is 1. The Balaban J connectivity index is 2.39. The average Bonchev–Trinajstić information content (AvgIpc) is 2.55. The van der Waals surface area contributed by atoms with Gasteiger partial charge in [0.1, 0.15) is 5.60 Å². The number of nitrogens with zero attached hydrogens (tertiary/aromatic N) is 1. The largest absolute Gasteiger partial charge is 0.618 e. The van der Waals surface area contributed by atoms with Gasteiger partial charge < -0.3 is 10.3 Å². The van der Waals surface area contributed by atoms with E-state index in [1.54, 1.807) is 43.3 Å². The van der Waals surface area contributed by atoms with E-state index in [0.29, 0.717) is 16.8 Å². The lowest BCUT2D eigenvalue weighted by molar-refractivity contribution is -0.354. The molecule has 0 saturated heterocycles. The first kappa shape index (κ1) is 15.6. The van der Waals surface area contributed by atoms with Crippen LogP contribution in [0.4, 0.5) is 5.69 Å². The fraction of sp³-hybridized carbons (Fsp3) is 0.105. The summed E-state index contributed by atoms with van der Waals surface area (Å²) in [6, 6.07) is 16.2. The van der Waals surface area contributed by atoms with E-state index in [1.807, 2.05) is 18.2 Å². The van der Waals surface area contributed by atoms with Gasteiger partial charge in [0.2, 0.25) is 5.69 Å². The molecule has 1 unspecified atom stereocenters. The van der Waals surface area contributed by atoms with E-state index in [2.05, 4.69) is 18.4 Å². The lowest BCUT2D eigenvalue weighted by Crippen LogP contribution is -2.16. The smallest absolute Gasteiger partial charge is 0.216 e. The minimum Gasteiger partial charge on any atom is -0.618 e. The molecule has 0 radical (unpaired) electrons. The molecule has 110 valence electrons. The highest BCUT2D eigenvalue weighted by Crippen LogP contribution is 2.11. The molecule has 0 aliphatic carbocycles. The molecule has 2 rings (SSSR count). The topological polar surface area (TPSA) is 46.3 Å². The Morgan fingerprint density at radius 2 is 1.77 bits per heavy atom. The molecule has 2 aromatic rings. The van der Waals surface area contributed by atoms with Gasteiger partial charge >= 0.3 is 0 Å². The van der Waals surface area contributed by atoms with Crippen LogP contribution in [0.15, 0.2) is 67.3 Å². The molecule has 0 saturated carbocycles.